The number of thiocarbonyl (C=S) groups is 1. The van der Waals surface area contributed by atoms with Gasteiger partial charge in [0.05, 0.1) is 6.04 Å². The number of benzene rings is 2. The van der Waals surface area contributed by atoms with E-state index in [0.717, 1.165) is 12.2 Å². The quantitative estimate of drug-likeness (QED) is 0.721. The number of ether oxygens (including phenoxy) is 1. The fourth-order valence-electron chi connectivity index (χ4n) is 3.13. The maximum Gasteiger partial charge on any atom is 0.181 e. The summed E-state index contributed by atoms with van der Waals surface area (Å²) in [6.07, 6.45) is 0.869. The summed E-state index contributed by atoms with van der Waals surface area (Å²) in [5.41, 5.74) is 0.821. The first-order valence-electron chi connectivity index (χ1n) is 6.44. The van der Waals surface area contributed by atoms with Gasteiger partial charge in [-0.25, -0.2) is 0 Å². The average molecular weight is 270 g/mol. The molecule has 2 atom stereocenters. The Bertz CT molecular complexity index is 700. The molecule has 4 rings (SSSR count). The fourth-order valence-corrected chi connectivity index (χ4v) is 3.49. The smallest absolute Gasteiger partial charge is 0.181 e. The van der Waals surface area contributed by atoms with Crippen LogP contribution in [0.25, 0.3) is 10.8 Å². The van der Waals surface area contributed by atoms with E-state index in [1.54, 1.807) is 0 Å². The van der Waals surface area contributed by atoms with E-state index >= 15 is 0 Å². The normalized spacial score (nSPS) is 28.1. The number of hydrogen-bond donors (Lipinski definition) is 2. The summed E-state index contributed by atoms with van der Waals surface area (Å²) in [5.74, 6) is 0.944. The van der Waals surface area contributed by atoms with Crippen LogP contribution in [0, 0.1) is 0 Å². The van der Waals surface area contributed by atoms with Gasteiger partial charge in [-0.3, -0.25) is 0 Å². The molecule has 2 aromatic rings. The average Bonchev–Trinajstić information content (AvgIpc) is 2.36. The minimum Gasteiger partial charge on any atom is -0.468 e. The highest BCUT2D eigenvalue weighted by Gasteiger charge is 2.42. The van der Waals surface area contributed by atoms with Crippen LogP contribution in [-0.2, 0) is 0 Å². The third kappa shape index (κ3) is 1.60. The molecular formula is C15H14N2OS. The Balaban J connectivity index is 1.99. The van der Waals surface area contributed by atoms with Crippen molar-refractivity contribution in [3.05, 3.63) is 42.0 Å². The third-order valence-electron chi connectivity index (χ3n) is 3.89. The molecule has 0 aliphatic carbocycles. The Labute approximate surface area is 116 Å². The molecule has 2 N–H and O–H groups in total. The molecule has 2 bridgehead atoms. The van der Waals surface area contributed by atoms with Gasteiger partial charge >= 0.3 is 0 Å². The van der Waals surface area contributed by atoms with Gasteiger partial charge in [0.1, 0.15) is 5.75 Å². The lowest BCUT2D eigenvalue weighted by Gasteiger charge is -2.46. The molecule has 2 aliphatic heterocycles. The molecule has 4 heteroatoms. The highest BCUT2D eigenvalue weighted by atomic mass is 32.1. The van der Waals surface area contributed by atoms with Gasteiger partial charge in [-0.1, -0.05) is 30.3 Å². The predicted molar refractivity (Wildman–Crippen MR) is 79.2 cm³/mol. The molecule has 0 amide bonds. The number of hydrogen-bond acceptors (Lipinski definition) is 2. The summed E-state index contributed by atoms with van der Waals surface area (Å²) in [6, 6.07) is 12.8. The van der Waals surface area contributed by atoms with Crippen molar-refractivity contribution in [2.24, 2.45) is 0 Å². The molecule has 96 valence electrons. The van der Waals surface area contributed by atoms with Crippen molar-refractivity contribution in [1.82, 2.24) is 10.6 Å². The molecule has 0 radical (unpaired) electrons. The van der Waals surface area contributed by atoms with Gasteiger partial charge in [-0.05, 0) is 36.0 Å². The number of nitrogens with one attached hydrogen (secondary N) is 2. The summed E-state index contributed by atoms with van der Waals surface area (Å²) < 4.78 is 6.13. The van der Waals surface area contributed by atoms with Crippen molar-refractivity contribution < 1.29 is 4.74 Å². The van der Waals surface area contributed by atoms with Crippen molar-refractivity contribution in [2.45, 2.75) is 25.1 Å². The minimum absolute atomic E-state index is 0.216. The van der Waals surface area contributed by atoms with Crippen molar-refractivity contribution >= 4 is 28.1 Å². The van der Waals surface area contributed by atoms with Crippen LogP contribution in [0.5, 0.6) is 5.75 Å². The minimum atomic E-state index is -0.400. The molecule has 0 saturated carbocycles. The Morgan fingerprint density at radius 1 is 1.26 bits per heavy atom. The maximum atomic E-state index is 6.13. The zero-order chi connectivity index (χ0) is 13.0. The molecule has 0 spiro atoms. The van der Waals surface area contributed by atoms with E-state index in [2.05, 4.69) is 47.0 Å². The monoisotopic (exact) mass is 270 g/mol. The fraction of sp³-hybridized carbons (Fsp3) is 0.267. The summed E-state index contributed by atoms with van der Waals surface area (Å²) >= 11 is 5.28. The van der Waals surface area contributed by atoms with Crippen LogP contribution in [0.3, 0.4) is 0 Å². The topological polar surface area (TPSA) is 33.3 Å². The van der Waals surface area contributed by atoms with Gasteiger partial charge < -0.3 is 15.4 Å². The van der Waals surface area contributed by atoms with E-state index in [9.17, 15) is 0 Å². The summed E-state index contributed by atoms with van der Waals surface area (Å²) in [4.78, 5) is 0. The van der Waals surface area contributed by atoms with Crippen molar-refractivity contribution in [2.75, 3.05) is 0 Å². The Hall–Kier alpha value is -1.81. The first-order valence-corrected chi connectivity index (χ1v) is 6.85. The van der Waals surface area contributed by atoms with Crippen molar-refractivity contribution in [3.63, 3.8) is 0 Å². The lowest BCUT2D eigenvalue weighted by molar-refractivity contribution is 0.0257. The van der Waals surface area contributed by atoms with E-state index in [0.29, 0.717) is 5.11 Å². The predicted octanol–water partition coefficient (Wildman–Crippen LogP) is 2.86. The van der Waals surface area contributed by atoms with Crippen molar-refractivity contribution in [1.29, 1.82) is 0 Å². The number of fused-ring (bicyclic) bond motifs is 6. The zero-order valence-corrected chi connectivity index (χ0v) is 11.4. The first kappa shape index (κ1) is 11.1. The standard InChI is InChI=1S/C15H14N2OS/c1-15-8-11(16-14(19)17-15)13-10-5-3-2-4-9(10)6-7-12(13)18-15/h2-7,11H,8H2,1H3,(H2,16,17,19). The zero-order valence-electron chi connectivity index (χ0n) is 10.6. The van der Waals surface area contributed by atoms with Gasteiger partial charge in [0.15, 0.2) is 10.8 Å². The largest absolute Gasteiger partial charge is 0.468 e. The Kier molecular flexibility index (Phi) is 2.10. The lowest BCUT2D eigenvalue weighted by Crippen LogP contribution is -2.62. The Morgan fingerprint density at radius 2 is 2.11 bits per heavy atom. The van der Waals surface area contributed by atoms with Crippen molar-refractivity contribution in [3.8, 4) is 5.75 Å². The van der Waals surface area contributed by atoms with Crippen LogP contribution in [0.4, 0.5) is 0 Å². The molecule has 3 nitrogen and oxygen atoms in total. The third-order valence-corrected chi connectivity index (χ3v) is 4.11. The molecule has 2 aromatic carbocycles. The summed E-state index contributed by atoms with van der Waals surface area (Å²) in [7, 11) is 0. The highest BCUT2D eigenvalue weighted by Crippen LogP contribution is 2.43. The first-order chi connectivity index (χ1) is 9.15. The summed E-state index contributed by atoms with van der Waals surface area (Å²) in [5, 5.41) is 9.71. The molecule has 0 aromatic heterocycles. The van der Waals surface area contributed by atoms with E-state index in [1.807, 2.05) is 6.92 Å². The van der Waals surface area contributed by atoms with Crippen LogP contribution in [0.15, 0.2) is 36.4 Å². The van der Waals surface area contributed by atoms with Gasteiger partial charge in [0, 0.05) is 12.0 Å². The van der Waals surface area contributed by atoms with Gasteiger partial charge in [0.2, 0.25) is 0 Å². The van der Waals surface area contributed by atoms with E-state index in [4.69, 9.17) is 17.0 Å². The second kappa shape index (κ2) is 3.61. The highest BCUT2D eigenvalue weighted by molar-refractivity contribution is 7.80. The second-order valence-electron chi connectivity index (χ2n) is 5.39. The van der Waals surface area contributed by atoms with E-state index < -0.39 is 5.72 Å². The van der Waals surface area contributed by atoms with Crippen LogP contribution >= 0.6 is 12.2 Å². The molecule has 1 saturated heterocycles. The summed E-state index contributed by atoms with van der Waals surface area (Å²) in [6.45, 7) is 2.05. The molecule has 1 fully saturated rings. The molecule has 2 aliphatic rings. The van der Waals surface area contributed by atoms with Crippen LogP contribution in [0.1, 0.15) is 24.9 Å². The molecule has 2 heterocycles. The van der Waals surface area contributed by atoms with Gasteiger partial charge in [-0.2, -0.15) is 0 Å². The Morgan fingerprint density at radius 3 is 3.00 bits per heavy atom. The van der Waals surface area contributed by atoms with E-state index in [1.165, 1.54) is 16.3 Å². The second-order valence-corrected chi connectivity index (χ2v) is 5.79. The van der Waals surface area contributed by atoms with Gasteiger partial charge in [0.25, 0.3) is 0 Å². The van der Waals surface area contributed by atoms with Crippen LogP contribution < -0.4 is 15.4 Å². The maximum absolute atomic E-state index is 6.13. The molecule has 19 heavy (non-hydrogen) atoms. The lowest BCUT2D eigenvalue weighted by atomic mass is 9.88. The molecular weight excluding hydrogens is 256 g/mol. The SMILES string of the molecule is CC12CC(NC(=S)N1)c1c(ccc3ccccc13)O2. The van der Waals surface area contributed by atoms with E-state index in [-0.39, 0.29) is 6.04 Å². The van der Waals surface area contributed by atoms with Crippen LogP contribution in [-0.4, -0.2) is 10.8 Å². The van der Waals surface area contributed by atoms with Crippen LogP contribution in [0.2, 0.25) is 0 Å². The number of rotatable bonds is 0. The molecule has 2 unspecified atom stereocenters. The van der Waals surface area contributed by atoms with Gasteiger partial charge in [-0.15, -0.1) is 0 Å².